The molecule has 0 spiro atoms. The first-order chi connectivity index (χ1) is 14.2. The average Bonchev–Trinajstić information content (AvgIpc) is 3.36. The van der Waals surface area contributed by atoms with Crippen LogP contribution in [0.15, 0.2) is 48.8 Å². The summed E-state index contributed by atoms with van der Waals surface area (Å²) in [6.45, 7) is 0.319. The highest BCUT2D eigenvalue weighted by Crippen LogP contribution is 2.29. The highest BCUT2D eigenvalue weighted by Gasteiger charge is 2.36. The van der Waals surface area contributed by atoms with Crippen molar-refractivity contribution in [3.05, 3.63) is 54.4 Å². The molecule has 9 heteroatoms. The topological polar surface area (TPSA) is 97.3 Å². The number of nitrogens with zero attached hydrogens (tertiary/aromatic N) is 4. The molecule has 0 bridgehead atoms. The molecular weight excluding hydrogens is 390 g/mol. The maximum absolute atomic E-state index is 12.9. The van der Waals surface area contributed by atoms with E-state index in [0.717, 1.165) is 11.1 Å². The number of carbonyl (C=O) groups excluding carboxylic acids is 2. The van der Waals surface area contributed by atoms with E-state index < -0.39 is 6.04 Å². The molecule has 4 rings (SSSR count). The second-order valence-electron chi connectivity index (χ2n) is 6.53. The molecule has 1 unspecified atom stereocenters. The quantitative estimate of drug-likeness (QED) is 0.672. The third kappa shape index (κ3) is 4.09. The predicted molar refractivity (Wildman–Crippen MR) is 108 cm³/mol. The standard InChI is InChI=1S/C20H19N5O3S/c1-28-16-5-3-2-4-14(16)12-25-15(6-7-17(25)26)18(27)22-20-24-23-19(29-20)13-8-10-21-11-9-13/h2-5,8-11,15H,6-7,12H2,1H3,(H,22,24,27). The van der Waals surface area contributed by atoms with Crippen LogP contribution in [0, 0.1) is 0 Å². The number of rotatable bonds is 6. The highest BCUT2D eigenvalue weighted by molar-refractivity contribution is 7.18. The SMILES string of the molecule is COc1ccccc1CN1C(=O)CCC1C(=O)Nc1nnc(-c2ccncc2)s1. The molecule has 1 aromatic carbocycles. The van der Waals surface area contributed by atoms with E-state index in [1.54, 1.807) is 24.4 Å². The molecule has 1 fully saturated rings. The molecular formula is C20H19N5O3S. The number of pyridine rings is 1. The largest absolute Gasteiger partial charge is 0.496 e. The zero-order chi connectivity index (χ0) is 20.2. The summed E-state index contributed by atoms with van der Waals surface area (Å²) in [5.41, 5.74) is 1.74. The summed E-state index contributed by atoms with van der Waals surface area (Å²) >= 11 is 1.28. The van der Waals surface area contributed by atoms with Gasteiger partial charge in [-0.1, -0.05) is 29.5 Å². The molecule has 148 valence electrons. The first-order valence-corrected chi connectivity index (χ1v) is 9.93. The lowest BCUT2D eigenvalue weighted by molar-refractivity contribution is -0.133. The monoisotopic (exact) mass is 409 g/mol. The number of para-hydroxylation sites is 1. The molecule has 29 heavy (non-hydrogen) atoms. The molecule has 3 aromatic rings. The Labute approximate surface area is 171 Å². The van der Waals surface area contributed by atoms with E-state index in [9.17, 15) is 9.59 Å². The molecule has 1 aliphatic heterocycles. The van der Waals surface area contributed by atoms with Crippen LogP contribution in [-0.2, 0) is 16.1 Å². The van der Waals surface area contributed by atoms with Gasteiger partial charge in [-0.15, -0.1) is 10.2 Å². The maximum Gasteiger partial charge on any atom is 0.249 e. The van der Waals surface area contributed by atoms with Gasteiger partial charge in [0.1, 0.15) is 16.8 Å². The van der Waals surface area contributed by atoms with Crippen molar-refractivity contribution in [1.82, 2.24) is 20.1 Å². The summed E-state index contributed by atoms with van der Waals surface area (Å²) < 4.78 is 5.37. The van der Waals surface area contributed by atoms with Gasteiger partial charge in [0.15, 0.2) is 0 Å². The first-order valence-electron chi connectivity index (χ1n) is 9.12. The third-order valence-corrected chi connectivity index (χ3v) is 5.63. The van der Waals surface area contributed by atoms with Crippen molar-refractivity contribution in [3.8, 4) is 16.3 Å². The van der Waals surface area contributed by atoms with Gasteiger partial charge in [-0.05, 0) is 24.6 Å². The lowest BCUT2D eigenvalue weighted by Crippen LogP contribution is -2.41. The van der Waals surface area contributed by atoms with Crippen molar-refractivity contribution in [2.24, 2.45) is 0 Å². The number of anilines is 1. The first kappa shape index (κ1) is 19.0. The summed E-state index contributed by atoms with van der Waals surface area (Å²) in [5, 5.41) is 12.1. The van der Waals surface area contributed by atoms with Crippen LogP contribution in [-0.4, -0.2) is 45.0 Å². The molecule has 1 aliphatic rings. The van der Waals surface area contributed by atoms with Crippen LogP contribution < -0.4 is 10.1 Å². The molecule has 0 saturated carbocycles. The second-order valence-corrected chi connectivity index (χ2v) is 7.50. The number of amides is 2. The Kier molecular flexibility index (Phi) is 5.48. The number of hydrogen-bond acceptors (Lipinski definition) is 7. The predicted octanol–water partition coefficient (Wildman–Crippen LogP) is 2.74. The molecule has 0 radical (unpaired) electrons. The molecule has 1 atom stereocenters. The van der Waals surface area contributed by atoms with Crippen LogP contribution in [0.25, 0.3) is 10.6 Å². The van der Waals surface area contributed by atoms with Gasteiger partial charge in [0, 0.05) is 29.9 Å². The van der Waals surface area contributed by atoms with E-state index in [0.29, 0.717) is 35.3 Å². The van der Waals surface area contributed by atoms with Crippen molar-refractivity contribution in [3.63, 3.8) is 0 Å². The molecule has 1 N–H and O–H groups in total. The number of methoxy groups -OCH3 is 1. The zero-order valence-electron chi connectivity index (χ0n) is 15.7. The molecule has 3 heterocycles. The Morgan fingerprint density at radius 3 is 2.83 bits per heavy atom. The average molecular weight is 409 g/mol. The highest BCUT2D eigenvalue weighted by atomic mass is 32.1. The third-order valence-electron chi connectivity index (χ3n) is 4.75. The summed E-state index contributed by atoms with van der Waals surface area (Å²) in [6.07, 6.45) is 4.16. The van der Waals surface area contributed by atoms with E-state index in [1.807, 2.05) is 36.4 Å². The van der Waals surface area contributed by atoms with Crippen molar-refractivity contribution < 1.29 is 14.3 Å². The summed E-state index contributed by atoms with van der Waals surface area (Å²) in [5.74, 6) is 0.381. The minimum Gasteiger partial charge on any atom is -0.496 e. The zero-order valence-corrected chi connectivity index (χ0v) is 16.6. The fraction of sp³-hybridized carbons (Fsp3) is 0.250. The minimum atomic E-state index is -0.555. The fourth-order valence-corrected chi connectivity index (χ4v) is 4.05. The van der Waals surface area contributed by atoms with Crippen molar-refractivity contribution in [2.45, 2.75) is 25.4 Å². The van der Waals surface area contributed by atoms with Gasteiger partial charge in [0.25, 0.3) is 0 Å². The Morgan fingerprint density at radius 2 is 2.03 bits per heavy atom. The summed E-state index contributed by atoms with van der Waals surface area (Å²) in [6, 6.07) is 10.6. The van der Waals surface area contributed by atoms with Crippen LogP contribution in [0.3, 0.4) is 0 Å². The van der Waals surface area contributed by atoms with Gasteiger partial charge in [-0.2, -0.15) is 0 Å². The number of benzene rings is 1. The van der Waals surface area contributed by atoms with Gasteiger partial charge in [0.05, 0.1) is 13.7 Å². The van der Waals surface area contributed by atoms with Crippen molar-refractivity contribution >= 4 is 28.3 Å². The normalized spacial score (nSPS) is 16.1. The lowest BCUT2D eigenvalue weighted by Gasteiger charge is -2.24. The van der Waals surface area contributed by atoms with Crippen LogP contribution >= 0.6 is 11.3 Å². The fourth-order valence-electron chi connectivity index (χ4n) is 3.30. The van der Waals surface area contributed by atoms with E-state index >= 15 is 0 Å². The van der Waals surface area contributed by atoms with E-state index in [-0.39, 0.29) is 11.8 Å². The summed E-state index contributed by atoms with van der Waals surface area (Å²) in [4.78, 5) is 30.8. The Hall–Kier alpha value is -3.33. The van der Waals surface area contributed by atoms with Gasteiger partial charge >= 0.3 is 0 Å². The molecule has 0 aliphatic carbocycles. The van der Waals surface area contributed by atoms with Crippen molar-refractivity contribution in [1.29, 1.82) is 0 Å². The Bertz CT molecular complexity index is 1020. The van der Waals surface area contributed by atoms with E-state index in [1.165, 1.54) is 11.3 Å². The van der Waals surface area contributed by atoms with Crippen molar-refractivity contribution in [2.75, 3.05) is 12.4 Å². The van der Waals surface area contributed by atoms with Gasteiger partial charge < -0.3 is 9.64 Å². The van der Waals surface area contributed by atoms with Gasteiger partial charge in [0.2, 0.25) is 16.9 Å². The molecule has 2 amide bonds. The molecule has 2 aromatic heterocycles. The lowest BCUT2D eigenvalue weighted by atomic mass is 10.1. The number of aromatic nitrogens is 3. The smallest absolute Gasteiger partial charge is 0.249 e. The van der Waals surface area contributed by atoms with Crippen LogP contribution in [0.5, 0.6) is 5.75 Å². The number of nitrogens with one attached hydrogen (secondary N) is 1. The Morgan fingerprint density at radius 1 is 1.24 bits per heavy atom. The van der Waals surface area contributed by atoms with E-state index in [2.05, 4.69) is 20.5 Å². The summed E-state index contributed by atoms with van der Waals surface area (Å²) in [7, 11) is 1.59. The van der Waals surface area contributed by atoms with E-state index in [4.69, 9.17) is 4.74 Å². The minimum absolute atomic E-state index is 0.0502. The van der Waals surface area contributed by atoms with Crippen LogP contribution in [0.2, 0.25) is 0 Å². The Balaban J connectivity index is 1.47. The number of likely N-dealkylation sites (tertiary alicyclic amines) is 1. The number of carbonyl (C=O) groups is 2. The maximum atomic E-state index is 12.9. The molecule has 1 saturated heterocycles. The number of ether oxygens (including phenoxy) is 1. The van der Waals surface area contributed by atoms with Crippen LogP contribution in [0.1, 0.15) is 18.4 Å². The molecule has 8 nitrogen and oxygen atoms in total. The second kappa shape index (κ2) is 8.36. The van der Waals surface area contributed by atoms with Crippen LogP contribution in [0.4, 0.5) is 5.13 Å². The van der Waals surface area contributed by atoms with Gasteiger partial charge in [-0.3, -0.25) is 19.9 Å². The number of hydrogen-bond donors (Lipinski definition) is 1. The van der Waals surface area contributed by atoms with Gasteiger partial charge in [-0.25, -0.2) is 0 Å².